The van der Waals surface area contributed by atoms with Crippen LogP contribution in [0.4, 0.5) is 21.9 Å². The minimum Gasteiger partial charge on any atom is -0.342 e. The van der Waals surface area contributed by atoms with Gasteiger partial charge in [-0.25, -0.2) is 9.97 Å². The van der Waals surface area contributed by atoms with E-state index in [2.05, 4.69) is 56.5 Å². The quantitative estimate of drug-likeness (QED) is 0.170. The number of likely N-dealkylation sites (tertiary alicyclic amines) is 1. The van der Waals surface area contributed by atoms with E-state index in [-0.39, 0.29) is 11.8 Å². The molecule has 57 heavy (non-hydrogen) atoms. The predicted octanol–water partition coefficient (Wildman–Crippen LogP) is 5.66. The molecule has 0 radical (unpaired) electrons. The van der Waals surface area contributed by atoms with Crippen LogP contribution in [0.5, 0.6) is 0 Å². The van der Waals surface area contributed by atoms with Crippen molar-refractivity contribution in [3.05, 3.63) is 83.6 Å². The molecule has 2 atom stereocenters. The van der Waals surface area contributed by atoms with Crippen molar-refractivity contribution in [2.45, 2.75) is 31.6 Å². The van der Waals surface area contributed by atoms with E-state index in [0.717, 1.165) is 97.8 Å². The van der Waals surface area contributed by atoms with Crippen molar-refractivity contribution < 1.29 is 4.79 Å². The topological polar surface area (TPSA) is 195 Å². The van der Waals surface area contributed by atoms with Gasteiger partial charge < -0.3 is 20.9 Å². The van der Waals surface area contributed by atoms with Gasteiger partial charge in [-0.3, -0.25) is 24.1 Å². The van der Waals surface area contributed by atoms with Crippen molar-refractivity contribution in [2.24, 2.45) is 14.1 Å². The molecule has 2 fully saturated rings. The number of pyridine rings is 4. The number of amides is 1. The highest BCUT2D eigenvalue weighted by molar-refractivity contribution is 7.15. The van der Waals surface area contributed by atoms with Crippen LogP contribution in [0.25, 0.3) is 44.3 Å². The summed E-state index contributed by atoms with van der Waals surface area (Å²) in [6.45, 7) is 5.12. The van der Waals surface area contributed by atoms with E-state index >= 15 is 0 Å². The van der Waals surface area contributed by atoms with E-state index in [1.54, 1.807) is 27.6 Å². The van der Waals surface area contributed by atoms with E-state index in [1.807, 2.05) is 92.6 Å². The average molecular weight is 799 g/mol. The van der Waals surface area contributed by atoms with Gasteiger partial charge in [-0.05, 0) is 55.8 Å². The number of fused-ring (bicyclic) bond motifs is 2. The van der Waals surface area contributed by atoms with Gasteiger partial charge in [-0.1, -0.05) is 22.7 Å². The van der Waals surface area contributed by atoms with Crippen LogP contribution in [0.3, 0.4) is 0 Å². The fraction of sp³-hybridized carbons (Fsp3) is 0.289. The molecule has 288 valence electrons. The van der Waals surface area contributed by atoms with Crippen molar-refractivity contribution in [1.29, 1.82) is 0 Å². The fourth-order valence-electron chi connectivity index (χ4n) is 6.84. The third-order valence-electron chi connectivity index (χ3n) is 9.89. The van der Waals surface area contributed by atoms with Gasteiger partial charge in [-0.15, -0.1) is 20.4 Å². The van der Waals surface area contributed by atoms with Gasteiger partial charge in [0.2, 0.25) is 16.2 Å². The lowest BCUT2D eigenvalue weighted by molar-refractivity contribution is -0.127. The second-order valence-corrected chi connectivity index (χ2v) is 16.0. The number of hydrogen-bond acceptors (Lipinski definition) is 16. The summed E-state index contributed by atoms with van der Waals surface area (Å²) in [5.41, 5.74) is 7.26. The van der Waals surface area contributed by atoms with Crippen molar-refractivity contribution >= 4 is 72.5 Å². The SMILES string of the molecule is CC(=O)N1CCC(c2nnc(Nc3ccc4ncc(-c5cnn(C)c5)cc4n3)s2)C1.Cn1cc(-c2cnc3ccc(Nc4nnc(C5CCNC5)s4)nc3c2)cn1. The largest absolute Gasteiger partial charge is 0.342 e. The maximum absolute atomic E-state index is 11.6. The Morgan fingerprint density at radius 1 is 0.702 bits per heavy atom. The summed E-state index contributed by atoms with van der Waals surface area (Å²) >= 11 is 3.10. The molecule has 0 spiro atoms. The van der Waals surface area contributed by atoms with Gasteiger partial charge in [0.05, 0.1) is 34.5 Å². The van der Waals surface area contributed by atoms with Gasteiger partial charge in [0, 0.05) is 99.5 Å². The zero-order chi connectivity index (χ0) is 38.9. The van der Waals surface area contributed by atoms with Gasteiger partial charge >= 0.3 is 0 Å². The minimum atomic E-state index is 0.111. The number of nitrogens with one attached hydrogen (secondary N) is 3. The number of aryl methyl sites for hydroxylation is 2. The Labute approximate surface area is 334 Å². The minimum absolute atomic E-state index is 0.111. The molecule has 10 rings (SSSR count). The lowest BCUT2D eigenvalue weighted by Gasteiger charge is -2.12. The zero-order valence-electron chi connectivity index (χ0n) is 31.4. The van der Waals surface area contributed by atoms with Crippen LogP contribution < -0.4 is 16.0 Å². The van der Waals surface area contributed by atoms with Crippen LogP contribution in [0.15, 0.2) is 73.6 Å². The molecule has 2 unspecified atom stereocenters. The summed E-state index contributed by atoms with van der Waals surface area (Å²) in [5.74, 6) is 2.25. The Balaban J connectivity index is 0.000000149. The summed E-state index contributed by atoms with van der Waals surface area (Å²) in [6.07, 6.45) is 13.3. The van der Waals surface area contributed by atoms with Crippen molar-refractivity contribution in [3.8, 4) is 22.3 Å². The first-order valence-corrected chi connectivity index (χ1v) is 20.1. The average Bonchev–Trinajstić information content (AvgIpc) is 4.07. The second kappa shape index (κ2) is 15.7. The van der Waals surface area contributed by atoms with Gasteiger partial charge in [0.1, 0.15) is 21.7 Å². The van der Waals surface area contributed by atoms with Crippen LogP contribution in [-0.2, 0) is 18.9 Å². The van der Waals surface area contributed by atoms with Crippen LogP contribution in [-0.4, -0.2) is 96.9 Å². The molecule has 3 N–H and O–H groups in total. The molecular weight excluding hydrogens is 761 g/mol. The van der Waals surface area contributed by atoms with Gasteiger partial charge in [-0.2, -0.15) is 10.2 Å². The smallest absolute Gasteiger partial charge is 0.219 e. The molecule has 2 saturated heterocycles. The highest BCUT2D eigenvalue weighted by atomic mass is 32.1. The second-order valence-electron chi connectivity index (χ2n) is 14.0. The fourth-order valence-corrected chi connectivity index (χ4v) is 8.60. The number of aromatic nitrogens is 12. The molecule has 0 saturated carbocycles. The van der Waals surface area contributed by atoms with E-state index in [4.69, 9.17) is 9.97 Å². The van der Waals surface area contributed by atoms with Gasteiger partial charge in [0.15, 0.2) is 0 Å². The van der Waals surface area contributed by atoms with E-state index < -0.39 is 0 Å². The summed E-state index contributed by atoms with van der Waals surface area (Å²) in [5, 5.41) is 39.0. The molecule has 10 heterocycles. The molecule has 2 aliphatic heterocycles. The molecule has 8 aromatic heterocycles. The van der Waals surface area contributed by atoms with Crippen LogP contribution in [0, 0.1) is 0 Å². The van der Waals surface area contributed by atoms with Crippen LogP contribution >= 0.6 is 22.7 Å². The van der Waals surface area contributed by atoms with E-state index in [0.29, 0.717) is 23.4 Å². The summed E-state index contributed by atoms with van der Waals surface area (Å²) in [6, 6.07) is 11.7. The Kier molecular flexibility index (Phi) is 9.99. The van der Waals surface area contributed by atoms with Crippen molar-refractivity contribution in [3.63, 3.8) is 0 Å². The Morgan fingerprint density at radius 2 is 1.26 bits per heavy atom. The van der Waals surface area contributed by atoms with Crippen molar-refractivity contribution in [2.75, 3.05) is 36.8 Å². The standard InChI is InChI=1S/C20H20N8OS.C18H18N8S/c1-12(29)28-6-5-13(11-28)19-25-26-20(30-19)24-18-4-3-16-17(23-18)7-14(8-21-16)15-9-22-27(2)10-15;1-26-10-13(9-21-26)12-6-15-14(20-8-12)2-3-16(22-15)23-18-25-24-17(27-18)11-4-5-19-7-11/h3-4,7-10,13H,5-6,11H2,1-2H3,(H,23,24,26);2-3,6,8-11,19H,4-5,7H2,1H3,(H,22,23,25). The first-order chi connectivity index (χ1) is 27.8. The predicted molar refractivity (Wildman–Crippen MR) is 220 cm³/mol. The lowest BCUT2D eigenvalue weighted by atomic mass is 10.1. The van der Waals surface area contributed by atoms with Crippen molar-refractivity contribution in [1.82, 2.24) is 70.1 Å². The monoisotopic (exact) mass is 798 g/mol. The highest BCUT2D eigenvalue weighted by Gasteiger charge is 2.28. The summed E-state index contributed by atoms with van der Waals surface area (Å²) < 4.78 is 3.54. The zero-order valence-corrected chi connectivity index (χ0v) is 33.0. The Hall–Kier alpha value is -6.31. The third kappa shape index (κ3) is 8.16. The molecule has 0 aliphatic carbocycles. The normalized spacial score (nSPS) is 16.6. The first-order valence-electron chi connectivity index (χ1n) is 18.5. The molecule has 0 aromatic carbocycles. The van der Waals surface area contributed by atoms with E-state index in [1.165, 1.54) is 11.3 Å². The molecule has 19 heteroatoms. The third-order valence-corrected chi connectivity index (χ3v) is 11.9. The first kappa shape index (κ1) is 36.3. The van der Waals surface area contributed by atoms with Crippen LogP contribution in [0.1, 0.15) is 41.6 Å². The number of carbonyl (C=O) groups excluding carboxylic acids is 1. The van der Waals surface area contributed by atoms with Gasteiger partial charge in [0.25, 0.3) is 0 Å². The highest BCUT2D eigenvalue weighted by Crippen LogP contribution is 2.33. The summed E-state index contributed by atoms with van der Waals surface area (Å²) in [4.78, 5) is 31.8. The maximum Gasteiger partial charge on any atom is 0.219 e. The molecule has 0 bridgehead atoms. The number of anilines is 4. The number of nitrogens with zero attached hydrogens (tertiary/aromatic N) is 13. The number of hydrogen-bond donors (Lipinski definition) is 3. The Morgan fingerprint density at radius 3 is 1.74 bits per heavy atom. The Bertz CT molecular complexity index is 2700. The van der Waals surface area contributed by atoms with E-state index in [9.17, 15) is 4.79 Å². The van der Waals surface area contributed by atoms with Crippen LogP contribution in [0.2, 0.25) is 0 Å². The maximum atomic E-state index is 11.6. The number of rotatable bonds is 8. The molecule has 17 nitrogen and oxygen atoms in total. The molecule has 8 aromatic rings. The lowest BCUT2D eigenvalue weighted by Crippen LogP contribution is -2.25. The molecular formula is C38H38N16OS2. The molecule has 1 amide bonds. The number of carbonyl (C=O) groups is 1. The molecule has 2 aliphatic rings. The summed E-state index contributed by atoms with van der Waals surface area (Å²) in [7, 11) is 3.79.